The van der Waals surface area contributed by atoms with Crippen molar-refractivity contribution in [3.63, 3.8) is 0 Å². The van der Waals surface area contributed by atoms with Gasteiger partial charge in [0.25, 0.3) is 0 Å². The number of benzene rings is 1. The van der Waals surface area contributed by atoms with E-state index in [-0.39, 0.29) is 0 Å². The third-order valence-corrected chi connectivity index (χ3v) is 4.72. The second-order valence-corrected chi connectivity index (χ2v) is 6.29. The van der Waals surface area contributed by atoms with Crippen LogP contribution in [-0.2, 0) is 6.42 Å². The Bertz CT molecular complexity index is 402. The molecule has 0 amide bonds. The van der Waals surface area contributed by atoms with Crippen molar-refractivity contribution in [3.05, 3.63) is 29.8 Å². The quantitative estimate of drug-likeness (QED) is 0.836. The molecule has 98 valence electrons. The molecule has 0 radical (unpaired) electrons. The van der Waals surface area contributed by atoms with Crippen LogP contribution in [0, 0.1) is 17.3 Å². The molecule has 2 aliphatic rings. The molecule has 0 saturated heterocycles. The van der Waals surface area contributed by atoms with Crippen LogP contribution in [0.4, 0.5) is 0 Å². The van der Waals surface area contributed by atoms with Crippen molar-refractivity contribution in [3.8, 4) is 5.75 Å². The SMILES string of the molecule is CCNCC1(Cc2ccc(O)cc2)CC2CC2C1. The third kappa shape index (κ3) is 2.39. The highest BCUT2D eigenvalue weighted by Crippen LogP contribution is 2.60. The van der Waals surface area contributed by atoms with Crippen LogP contribution in [0.15, 0.2) is 24.3 Å². The maximum atomic E-state index is 9.36. The van der Waals surface area contributed by atoms with Crippen molar-refractivity contribution in [1.82, 2.24) is 5.32 Å². The van der Waals surface area contributed by atoms with E-state index in [1.165, 1.54) is 24.8 Å². The van der Waals surface area contributed by atoms with E-state index in [0.717, 1.165) is 31.3 Å². The Balaban J connectivity index is 1.71. The van der Waals surface area contributed by atoms with Gasteiger partial charge in [0.05, 0.1) is 0 Å². The maximum absolute atomic E-state index is 9.36. The number of phenols is 1. The van der Waals surface area contributed by atoms with E-state index in [1.807, 2.05) is 12.1 Å². The number of aromatic hydroxyl groups is 1. The van der Waals surface area contributed by atoms with Gasteiger partial charge in [-0.15, -0.1) is 0 Å². The molecule has 2 heteroatoms. The summed E-state index contributed by atoms with van der Waals surface area (Å²) in [4.78, 5) is 0. The number of nitrogens with one attached hydrogen (secondary N) is 1. The molecule has 18 heavy (non-hydrogen) atoms. The zero-order chi connectivity index (χ0) is 12.6. The molecule has 1 aromatic carbocycles. The highest BCUT2D eigenvalue weighted by molar-refractivity contribution is 5.27. The molecular formula is C16H23NO. The van der Waals surface area contributed by atoms with Crippen LogP contribution in [0.2, 0.25) is 0 Å². The highest BCUT2D eigenvalue weighted by Gasteiger charge is 2.53. The molecular weight excluding hydrogens is 222 g/mol. The summed E-state index contributed by atoms with van der Waals surface area (Å²) in [7, 11) is 0. The topological polar surface area (TPSA) is 32.3 Å². The van der Waals surface area contributed by atoms with Gasteiger partial charge in [0.2, 0.25) is 0 Å². The van der Waals surface area contributed by atoms with Crippen LogP contribution >= 0.6 is 0 Å². The summed E-state index contributed by atoms with van der Waals surface area (Å²) >= 11 is 0. The lowest BCUT2D eigenvalue weighted by Crippen LogP contribution is -2.35. The molecule has 2 saturated carbocycles. The van der Waals surface area contributed by atoms with Gasteiger partial charge >= 0.3 is 0 Å². The number of fused-ring (bicyclic) bond motifs is 1. The van der Waals surface area contributed by atoms with Crippen molar-refractivity contribution >= 4 is 0 Å². The van der Waals surface area contributed by atoms with Gasteiger partial charge in [0.1, 0.15) is 5.75 Å². The summed E-state index contributed by atoms with van der Waals surface area (Å²) in [6.07, 6.45) is 5.42. The summed E-state index contributed by atoms with van der Waals surface area (Å²) in [5.41, 5.74) is 1.84. The largest absolute Gasteiger partial charge is 0.508 e. The Kier molecular flexibility index (Phi) is 3.06. The molecule has 2 aliphatic carbocycles. The van der Waals surface area contributed by atoms with Gasteiger partial charge in [0.15, 0.2) is 0 Å². The normalized spacial score (nSPS) is 33.4. The van der Waals surface area contributed by atoms with Crippen molar-refractivity contribution in [2.45, 2.75) is 32.6 Å². The van der Waals surface area contributed by atoms with E-state index in [9.17, 15) is 5.11 Å². The molecule has 0 aromatic heterocycles. The van der Waals surface area contributed by atoms with Crippen molar-refractivity contribution in [1.29, 1.82) is 0 Å². The molecule has 0 bridgehead atoms. The summed E-state index contributed by atoms with van der Waals surface area (Å²) in [6.45, 7) is 4.40. The molecule has 2 unspecified atom stereocenters. The standard InChI is InChI=1S/C16H23NO/c1-2-17-11-16(9-13-7-14(13)10-16)8-12-3-5-15(18)6-4-12/h3-6,13-14,17-18H,2,7-11H2,1H3. The van der Waals surface area contributed by atoms with E-state index in [2.05, 4.69) is 24.4 Å². The van der Waals surface area contributed by atoms with E-state index in [1.54, 1.807) is 0 Å². The first-order chi connectivity index (χ1) is 8.71. The number of rotatable bonds is 5. The van der Waals surface area contributed by atoms with Crippen LogP contribution in [0.3, 0.4) is 0 Å². The predicted octanol–water partition coefficient (Wildman–Crippen LogP) is 2.96. The van der Waals surface area contributed by atoms with Crippen molar-refractivity contribution in [2.24, 2.45) is 17.3 Å². The van der Waals surface area contributed by atoms with Gasteiger partial charge in [-0.2, -0.15) is 0 Å². The Morgan fingerprint density at radius 3 is 2.50 bits per heavy atom. The summed E-state index contributed by atoms with van der Waals surface area (Å²) < 4.78 is 0. The van der Waals surface area contributed by atoms with Crippen molar-refractivity contribution in [2.75, 3.05) is 13.1 Å². The molecule has 2 atom stereocenters. The molecule has 2 fully saturated rings. The first-order valence-corrected chi connectivity index (χ1v) is 7.19. The Morgan fingerprint density at radius 2 is 1.89 bits per heavy atom. The van der Waals surface area contributed by atoms with E-state index in [4.69, 9.17) is 0 Å². The number of hydrogen-bond acceptors (Lipinski definition) is 2. The van der Waals surface area contributed by atoms with Crippen LogP contribution in [0.1, 0.15) is 31.7 Å². The Morgan fingerprint density at radius 1 is 1.22 bits per heavy atom. The van der Waals surface area contributed by atoms with Crippen molar-refractivity contribution < 1.29 is 5.11 Å². The minimum Gasteiger partial charge on any atom is -0.508 e. The smallest absolute Gasteiger partial charge is 0.115 e. The van der Waals surface area contributed by atoms with E-state index in [0.29, 0.717) is 11.2 Å². The third-order valence-electron chi connectivity index (χ3n) is 4.72. The van der Waals surface area contributed by atoms with Crippen LogP contribution in [0.5, 0.6) is 5.75 Å². The fourth-order valence-corrected chi connectivity index (χ4v) is 3.79. The second-order valence-electron chi connectivity index (χ2n) is 6.29. The molecule has 2 nitrogen and oxygen atoms in total. The lowest BCUT2D eigenvalue weighted by Gasteiger charge is -2.31. The average molecular weight is 245 g/mol. The van der Waals surface area contributed by atoms with E-state index >= 15 is 0 Å². The lowest BCUT2D eigenvalue weighted by atomic mass is 9.77. The molecule has 3 rings (SSSR count). The summed E-state index contributed by atoms with van der Waals surface area (Å²) in [5, 5.41) is 12.9. The van der Waals surface area contributed by atoms with Gasteiger partial charge in [-0.05, 0) is 67.2 Å². The second kappa shape index (κ2) is 4.58. The number of hydrogen-bond donors (Lipinski definition) is 2. The fraction of sp³-hybridized carbons (Fsp3) is 0.625. The van der Waals surface area contributed by atoms with Crippen LogP contribution in [-0.4, -0.2) is 18.2 Å². The van der Waals surface area contributed by atoms with Gasteiger partial charge < -0.3 is 10.4 Å². The zero-order valence-electron chi connectivity index (χ0n) is 11.2. The first kappa shape index (κ1) is 12.0. The van der Waals surface area contributed by atoms with Gasteiger partial charge in [0, 0.05) is 6.54 Å². The molecule has 2 N–H and O–H groups in total. The number of phenolic OH excluding ortho intramolecular Hbond substituents is 1. The average Bonchev–Trinajstić information content (AvgIpc) is 2.98. The van der Waals surface area contributed by atoms with Gasteiger partial charge in [-0.1, -0.05) is 19.1 Å². The zero-order valence-corrected chi connectivity index (χ0v) is 11.2. The molecule has 0 heterocycles. The first-order valence-electron chi connectivity index (χ1n) is 7.19. The highest BCUT2D eigenvalue weighted by atomic mass is 16.3. The Labute approximate surface area is 109 Å². The Hall–Kier alpha value is -1.02. The maximum Gasteiger partial charge on any atom is 0.115 e. The molecule has 0 aliphatic heterocycles. The lowest BCUT2D eigenvalue weighted by molar-refractivity contribution is 0.250. The minimum absolute atomic E-state index is 0.369. The molecule has 0 spiro atoms. The van der Waals surface area contributed by atoms with Gasteiger partial charge in [-0.3, -0.25) is 0 Å². The summed E-state index contributed by atoms with van der Waals surface area (Å²) in [5.74, 6) is 2.40. The van der Waals surface area contributed by atoms with Crippen LogP contribution < -0.4 is 5.32 Å². The van der Waals surface area contributed by atoms with Crippen LogP contribution in [0.25, 0.3) is 0 Å². The molecule has 1 aromatic rings. The van der Waals surface area contributed by atoms with E-state index < -0.39 is 0 Å². The fourth-order valence-electron chi connectivity index (χ4n) is 3.79. The minimum atomic E-state index is 0.369. The summed E-state index contributed by atoms with van der Waals surface area (Å²) in [6, 6.07) is 7.78. The van der Waals surface area contributed by atoms with Gasteiger partial charge in [-0.25, -0.2) is 0 Å². The monoisotopic (exact) mass is 245 g/mol. The predicted molar refractivity (Wildman–Crippen MR) is 73.6 cm³/mol.